The van der Waals surface area contributed by atoms with Crippen molar-refractivity contribution in [2.45, 2.75) is 65.2 Å². The summed E-state index contributed by atoms with van der Waals surface area (Å²) in [5.74, 6) is -0.409. The maximum atomic E-state index is 12.0. The number of hydrogen-bond acceptors (Lipinski definition) is 4. The van der Waals surface area contributed by atoms with Crippen molar-refractivity contribution in [3.8, 4) is 0 Å². The molecule has 6 heteroatoms. The van der Waals surface area contributed by atoms with Crippen LogP contribution in [0.5, 0.6) is 0 Å². The second kappa shape index (κ2) is 11.5. The number of anilines is 1. The minimum atomic E-state index is -0.475. The third-order valence-corrected chi connectivity index (χ3v) is 5.27. The van der Waals surface area contributed by atoms with E-state index in [2.05, 4.69) is 10.6 Å². The molecule has 1 fully saturated rings. The van der Waals surface area contributed by atoms with Crippen LogP contribution in [0.2, 0.25) is 0 Å². The standard InChI is InChI=1S/C22H32N2O4/c1-16-8-6-9-17(2)22(16)24-19(25)14-23-20(26)15-28-21(27)13-7-12-18-10-4-3-5-11-18/h6,8-9,18H,3-5,7,10-15H2,1-2H3,(H,23,26)(H,24,25). The molecule has 1 aromatic carbocycles. The summed E-state index contributed by atoms with van der Waals surface area (Å²) in [6.45, 7) is 3.31. The van der Waals surface area contributed by atoms with E-state index in [1.54, 1.807) is 0 Å². The molecule has 0 spiro atoms. The first kappa shape index (κ1) is 21.9. The van der Waals surface area contributed by atoms with Gasteiger partial charge < -0.3 is 15.4 Å². The highest BCUT2D eigenvalue weighted by molar-refractivity contribution is 5.96. The first-order chi connectivity index (χ1) is 13.5. The number of carbonyl (C=O) groups is 3. The number of rotatable bonds is 9. The first-order valence-electron chi connectivity index (χ1n) is 10.2. The van der Waals surface area contributed by atoms with Gasteiger partial charge in [-0.1, -0.05) is 50.3 Å². The van der Waals surface area contributed by atoms with E-state index in [9.17, 15) is 14.4 Å². The molecule has 0 saturated heterocycles. The van der Waals surface area contributed by atoms with Gasteiger partial charge >= 0.3 is 5.97 Å². The van der Waals surface area contributed by atoms with Gasteiger partial charge in [0, 0.05) is 12.1 Å². The molecule has 1 aromatic rings. The minimum Gasteiger partial charge on any atom is -0.456 e. The van der Waals surface area contributed by atoms with Gasteiger partial charge in [-0.3, -0.25) is 14.4 Å². The van der Waals surface area contributed by atoms with Crippen LogP contribution in [0.25, 0.3) is 0 Å². The van der Waals surface area contributed by atoms with Gasteiger partial charge in [0.05, 0.1) is 6.54 Å². The van der Waals surface area contributed by atoms with Gasteiger partial charge in [0.15, 0.2) is 6.61 Å². The molecule has 2 amide bonds. The fourth-order valence-electron chi connectivity index (χ4n) is 3.65. The van der Waals surface area contributed by atoms with E-state index in [4.69, 9.17) is 4.74 Å². The molecule has 28 heavy (non-hydrogen) atoms. The largest absolute Gasteiger partial charge is 0.456 e. The third-order valence-electron chi connectivity index (χ3n) is 5.27. The van der Waals surface area contributed by atoms with E-state index in [1.165, 1.54) is 32.1 Å². The normalized spacial score (nSPS) is 14.4. The van der Waals surface area contributed by atoms with E-state index in [0.29, 0.717) is 6.42 Å². The first-order valence-corrected chi connectivity index (χ1v) is 10.2. The molecule has 0 bridgehead atoms. The molecule has 0 aliphatic heterocycles. The number of esters is 1. The van der Waals surface area contributed by atoms with Crippen molar-refractivity contribution in [2.24, 2.45) is 5.92 Å². The van der Waals surface area contributed by atoms with Crippen molar-refractivity contribution in [1.29, 1.82) is 0 Å². The summed E-state index contributed by atoms with van der Waals surface area (Å²) in [4.78, 5) is 35.6. The summed E-state index contributed by atoms with van der Waals surface area (Å²) >= 11 is 0. The van der Waals surface area contributed by atoms with Crippen LogP contribution in [0, 0.1) is 19.8 Å². The average molecular weight is 389 g/mol. The Morgan fingerprint density at radius 1 is 1.04 bits per heavy atom. The van der Waals surface area contributed by atoms with E-state index in [-0.39, 0.29) is 25.0 Å². The molecular weight excluding hydrogens is 356 g/mol. The molecule has 1 aliphatic rings. The maximum Gasteiger partial charge on any atom is 0.306 e. The number of hydrogen-bond donors (Lipinski definition) is 2. The molecule has 2 N–H and O–H groups in total. The van der Waals surface area contributed by atoms with Gasteiger partial charge in [-0.15, -0.1) is 0 Å². The van der Waals surface area contributed by atoms with E-state index >= 15 is 0 Å². The average Bonchev–Trinajstić information content (AvgIpc) is 2.68. The topological polar surface area (TPSA) is 84.5 Å². The molecule has 1 saturated carbocycles. The Morgan fingerprint density at radius 2 is 1.71 bits per heavy atom. The van der Waals surface area contributed by atoms with Crippen molar-refractivity contribution >= 4 is 23.5 Å². The Kier molecular flexibility index (Phi) is 8.98. The van der Waals surface area contributed by atoms with Gasteiger partial charge in [-0.2, -0.15) is 0 Å². The SMILES string of the molecule is Cc1cccc(C)c1NC(=O)CNC(=O)COC(=O)CCCC1CCCCC1. The molecule has 2 rings (SSSR count). The summed E-state index contributed by atoms with van der Waals surface area (Å²) in [6.07, 6.45) is 8.66. The van der Waals surface area contributed by atoms with Crippen LogP contribution in [-0.2, 0) is 19.1 Å². The molecule has 0 unspecified atom stereocenters. The van der Waals surface area contributed by atoms with Crippen molar-refractivity contribution < 1.29 is 19.1 Å². The second-order valence-electron chi connectivity index (χ2n) is 7.65. The minimum absolute atomic E-state index is 0.161. The van der Waals surface area contributed by atoms with Gasteiger partial charge in [-0.25, -0.2) is 0 Å². The lowest BCUT2D eigenvalue weighted by molar-refractivity contribution is -0.148. The van der Waals surface area contributed by atoms with Crippen LogP contribution >= 0.6 is 0 Å². The number of carbonyl (C=O) groups excluding carboxylic acids is 3. The summed E-state index contributed by atoms with van der Waals surface area (Å²) in [7, 11) is 0. The number of aryl methyl sites for hydroxylation is 2. The number of benzene rings is 1. The van der Waals surface area contributed by atoms with Crippen molar-refractivity contribution in [1.82, 2.24) is 5.32 Å². The summed E-state index contributed by atoms with van der Waals surface area (Å²) in [5.41, 5.74) is 2.68. The van der Waals surface area contributed by atoms with Gasteiger partial charge in [0.2, 0.25) is 5.91 Å². The van der Waals surface area contributed by atoms with Crippen LogP contribution in [0.1, 0.15) is 62.5 Å². The van der Waals surface area contributed by atoms with Crippen LogP contribution in [0.15, 0.2) is 18.2 Å². The van der Waals surface area contributed by atoms with E-state index in [1.807, 2.05) is 32.0 Å². The van der Waals surface area contributed by atoms with Gasteiger partial charge in [-0.05, 0) is 43.7 Å². The smallest absolute Gasteiger partial charge is 0.306 e. The van der Waals surface area contributed by atoms with Gasteiger partial charge in [0.25, 0.3) is 5.91 Å². The molecule has 0 aromatic heterocycles. The second-order valence-corrected chi connectivity index (χ2v) is 7.65. The highest BCUT2D eigenvalue weighted by Crippen LogP contribution is 2.27. The Morgan fingerprint density at radius 3 is 2.39 bits per heavy atom. The van der Waals surface area contributed by atoms with Crippen molar-refractivity contribution in [3.63, 3.8) is 0 Å². The van der Waals surface area contributed by atoms with Crippen LogP contribution in [0.3, 0.4) is 0 Å². The molecule has 0 atom stereocenters. The monoisotopic (exact) mass is 388 g/mol. The Hall–Kier alpha value is -2.37. The fourth-order valence-corrected chi connectivity index (χ4v) is 3.65. The highest BCUT2D eigenvalue weighted by atomic mass is 16.5. The molecule has 0 heterocycles. The highest BCUT2D eigenvalue weighted by Gasteiger charge is 2.15. The maximum absolute atomic E-state index is 12.0. The lowest BCUT2D eigenvalue weighted by Gasteiger charge is -2.20. The molecule has 1 aliphatic carbocycles. The molecular formula is C22H32N2O4. The zero-order valence-corrected chi connectivity index (χ0v) is 17.0. The summed E-state index contributed by atoms with van der Waals surface area (Å²) in [6, 6.07) is 5.75. The van der Waals surface area contributed by atoms with Crippen molar-refractivity contribution in [2.75, 3.05) is 18.5 Å². The summed E-state index contributed by atoms with van der Waals surface area (Å²) < 4.78 is 5.00. The molecule has 154 valence electrons. The fraction of sp³-hybridized carbons (Fsp3) is 0.591. The number of para-hydroxylation sites is 1. The van der Waals surface area contributed by atoms with E-state index < -0.39 is 5.91 Å². The lowest BCUT2D eigenvalue weighted by atomic mass is 9.86. The zero-order valence-electron chi connectivity index (χ0n) is 17.0. The van der Waals surface area contributed by atoms with E-state index in [0.717, 1.165) is 35.6 Å². The lowest BCUT2D eigenvalue weighted by Crippen LogP contribution is -2.35. The Bertz CT molecular complexity index is 661. The molecule has 0 radical (unpaired) electrons. The van der Waals surface area contributed by atoms with Crippen molar-refractivity contribution in [3.05, 3.63) is 29.3 Å². The summed E-state index contributed by atoms with van der Waals surface area (Å²) in [5, 5.41) is 5.27. The Balaban J connectivity index is 1.58. The van der Waals surface area contributed by atoms with Crippen LogP contribution in [0.4, 0.5) is 5.69 Å². The quantitative estimate of drug-likeness (QED) is 0.633. The predicted octanol–water partition coefficient (Wildman–Crippen LogP) is 3.65. The Labute approximate surface area is 167 Å². The van der Waals surface area contributed by atoms with Crippen LogP contribution < -0.4 is 10.6 Å². The van der Waals surface area contributed by atoms with Gasteiger partial charge in [0.1, 0.15) is 0 Å². The zero-order chi connectivity index (χ0) is 20.4. The predicted molar refractivity (Wildman–Crippen MR) is 109 cm³/mol. The number of nitrogens with one attached hydrogen (secondary N) is 2. The van der Waals surface area contributed by atoms with Crippen LogP contribution in [-0.4, -0.2) is 30.9 Å². The third kappa shape index (κ3) is 7.71. The molecule has 6 nitrogen and oxygen atoms in total. The number of ether oxygens (including phenoxy) is 1. The number of amides is 2.